The summed E-state index contributed by atoms with van der Waals surface area (Å²) in [5.41, 5.74) is 2.46. The Balaban J connectivity index is 2.33. The van der Waals surface area contributed by atoms with Gasteiger partial charge >= 0.3 is 0 Å². The lowest BCUT2D eigenvalue weighted by atomic mass is 10.2. The van der Waals surface area contributed by atoms with Gasteiger partial charge in [-0.05, 0) is 34.1 Å². The number of nitrogens with one attached hydrogen (secondary N) is 1. The molecule has 0 aliphatic carbocycles. The molecule has 1 aromatic carbocycles. The number of hydrogen-bond donors (Lipinski definition) is 2. The van der Waals surface area contributed by atoms with Crippen molar-refractivity contribution in [2.75, 3.05) is 5.43 Å². The summed E-state index contributed by atoms with van der Waals surface area (Å²) < 4.78 is 19.4. The number of nitrogens with zero attached hydrogens (tertiary/aromatic N) is 3. The van der Waals surface area contributed by atoms with E-state index in [4.69, 9.17) is 15.8 Å². The highest BCUT2D eigenvalue weighted by molar-refractivity contribution is 9.10. The van der Waals surface area contributed by atoms with Crippen molar-refractivity contribution < 1.29 is 9.13 Å². The van der Waals surface area contributed by atoms with E-state index in [1.54, 1.807) is 0 Å². The van der Waals surface area contributed by atoms with Gasteiger partial charge < -0.3 is 4.74 Å². The van der Waals surface area contributed by atoms with Crippen LogP contribution in [0.25, 0.3) is 0 Å². The van der Waals surface area contributed by atoms with E-state index >= 15 is 0 Å². The van der Waals surface area contributed by atoms with Crippen LogP contribution in [0.15, 0.2) is 28.9 Å². The second kappa shape index (κ2) is 5.60. The van der Waals surface area contributed by atoms with E-state index in [1.807, 2.05) is 6.07 Å². The molecule has 19 heavy (non-hydrogen) atoms. The molecule has 0 atom stereocenters. The summed E-state index contributed by atoms with van der Waals surface area (Å²) in [6.45, 7) is 0. The van der Waals surface area contributed by atoms with Crippen LogP contribution >= 0.6 is 15.9 Å². The van der Waals surface area contributed by atoms with E-state index in [-0.39, 0.29) is 23.1 Å². The Morgan fingerprint density at radius 1 is 1.47 bits per heavy atom. The summed E-state index contributed by atoms with van der Waals surface area (Å²) in [5.74, 6) is 4.69. The van der Waals surface area contributed by atoms with Crippen LogP contribution < -0.4 is 16.0 Å². The molecular weight excluding hydrogens is 317 g/mol. The van der Waals surface area contributed by atoms with Crippen LogP contribution in [-0.4, -0.2) is 9.97 Å². The second-order valence-corrected chi connectivity index (χ2v) is 4.20. The third-order valence-corrected chi connectivity index (χ3v) is 2.65. The number of nitrogens with two attached hydrogens (primary N) is 1. The SMILES string of the molecule is N#Cc1ccc(Oc2nc(NN)ncc2Br)c(F)c1. The number of anilines is 1. The monoisotopic (exact) mass is 323 g/mol. The fourth-order valence-electron chi connectivity index (χ4n) is 1.25. The van der Waals surface area contributed by atoms with Crippen LogP contribution in [0.2, 0.25) is 0 Å². The fourth-order valence-corrected chi connectivity index (χ4v) is 1.52. The minimum absolute atomic E-state index is 0.0543. The van der Waals surface area contributed by atoms with E-state index in [0.717, 1.165) is 6.07 Å². The molecule has 0 aliphatic heterocycles. The smallest absolute Gasteiger partial charge is 0.240 e. The molecule has 0 amide bonds. The summed E-state index contributed by atoms with van der Waals surface area (Å²) >= 11 is 3.18. The first-order valence-electron chi connectivity index (χ1n) is 5.00. The first-order chi connectivity index (χ1) is 9.13. The van der Waals surface area contributed by atoms with Gasteiger partial charge in [-0.2, -0.15) is 10.2 Å². The molecule has 1 heterocycles. The molecule has 1 aromatic heterocycles. The molecule has 2 rings (SSSR count). The Morgan fingerprint density at radius 2 is 2.26 bits per heavy atom. The molecule has 96 valence electrons. The zero-order valence-corrected chi connectivity index (χ0v) is 11.0. The minimum atomic E-state index is -0.660. The number of nitriles is 1. The average Bonchev–Trinajstić information content (AvgIpc) is 2.43. The predicted octanol–water partition coefficient (Wildman–Crippen LogP) is 2.33. The van der Waals surface area contributed by atoms with Gasteiger partial charge in [-0.1, -0.05) is 0 Å². The van der Waals surface area contributed by atoms with Crippen LogP contribution in [0.3, 0.4) is 0 Å². The van der Waals surface area contributed by atoms with Crippen molar-refractivity contribution in [3.63, 3.8) is 0 Å². The van der Waals surface area contributed by atoms with Crippen LogP contribution in [0.1, 0.15) is 5.56 Å². The number of hydrazine groups is 1. The Kier molecular flexibility index (Phi) is 3.89. The molecule has 0 saturated carbocycles. The summed E-state index contributed by atoms with van der Waals surface area (Å²) in [5, 5.41) is 8.65. The molecule has 0 aliphatic rings. The maximum atomic E-state index is 13.7. The lowest BCUT2D eigenvalue weighted by Gasteiger charge is -2.08. The number of rotatable bonds is 3. The Hall–Kier alpha value is -2.24. The van der Waals surface area contributed by atoms with Gasteiger partial charge in [0.25, 0.3) is 0 Å². The van der Waals surface area contributed by atoms with Crippen molar-refractivity contribution in [1.29, 1.82) is 5.26 Å². The number of aromatic nitrogens is 2. The topological polar surface area (TPSA) is 96.8 Å². The maximum Gasteiger partial charge on any atom is 0.240 e. The molecule has 0 spiro atoms. The van der Waals surface area contributed by atoms with Gasteiger partial charge in [-0.25, -0.2) is 15.2 Å². The summed E-state index contributed by atoms with van der Waals surface area (Å²) in [6, 6.07) is 5.69. The maximum absolute atomic E-state index is 13.7. The Morgan fingerprint density at radius 3 is 2.89 bits per heavy atom. The number of halogens is 2. The largest absolute Gasteiger partial charge is 0.435 e. The van der Waals surface area contributed by atoms with Gasteiger partial charge in [-0.15, -0.1) is 0 Å². The first-order valence-corrected chi connectivity index (χ1v) is 5.80. The summed E-state index contributed by atoms with van der Waals surface area (Å²) in [7, 11) is 0. The van der Waals surface area contributed by atoms with Crippen molar-refractivity contribution in [3.8, 4) is 17.7 Å². The lowest BCUT2D eigenvalue weighted by molar-refractivity contribution is 0.424. The molecule has 6 nitrogen and oxygen atoms in total. The molecule has 0 saturated heterocycles. The van der Waals surface area contributed by atoms with Crippen molar-refractivity contribution in [2.45, 2.75) is 0 Å². The molecule has 0 radical (unpaired) electrons. The summed E-state index contributed by atoms with van der Waals surface area (Å²) in [6.07, 6.45) is 1.42. The molecule has 0 unspecified atom stereocenters. The van der Waals surface area contributed by atoms with E-state index in [9.17, 15) is 4.39 Å². The molecule has 2 aromatic rings. The highest BCUT2D eigenvalue weighted by Crippen LogP contribution is 2.29. The van der Waals surface area contributed by atoms with Gasteiger partial charge in [0.2, 0.25) is 11.8 Å². The second-order valence-electron chi connectivity index (χ2n) is 3.35. The van der Waals surface area contributed by atoms with E-state index in [0.29, 0.717) is 4.47 Å². The molecule has 8 heteroatoms. The van der Waals surface area contributed by atoms with Crippen LogP contribution in [0, 0.1) is 17.1 Å². The summed E-state index contributed by atoms with van der Waals surface area (Å²) in [4.78, 5) is 7.76. The van der Waals surface area contributed by atoms with E-state index in [1.165, 1.54) is 18.3 Å². The van der Waals surface area contributed by atoms with Crippen molar-refractivity contribution in [2.24, 2.45) is 5.84 Å². The number of ether oxygens (including phenoxy) is 1. The predicted molar refractivity (Wildman–Crippen MR) is 68.7 cm³/mol. The third kappa shape index (κ3) is 2.96. The minimum Gasteiger partial charge on any atom is -0.435 e. The van der Waals surface area contributed by atoms with E-state index < -0.39 is 5.82 Å². The van der Waals surface area contributed by atoms with Crippen LogP contribution in [-0.2, 0) is 0 Å². The van der Waals surface area contributed by atoms with Crippen LogP contribution in [0.5, 0.6) is 11.6 Å². The molecule has 3 N–H and O–H groups in total. The van der Waals surface area contributed by atoms with Crippen molar-refractivity contribution in [3.05, 3.63) is 40.2 Å². The zero-order chi connectivity index (χ0) is 13.8. The lowest BCUT2D eigenvalue weighted by Crippen LogP contribution is -2.10. The number of nitrogen functional groups attached to an aromatic ring is 1. The average molecular weight is 324 g/mol. The van der Waals surface area contributed by atoms with Gasteiger partial charge in [0, 0.05) is 0 Å². The van der Waals surface area contributed by atoms with Crippen molar-refractivity contribution in [1.82, 2.24) is 9.97 Å². The first kappa shape index (κ1) is 13.2. The number of benzene rings is 1. The quantitative estimate of drug-likeness (QED) is 0.664. The van der Waals surface area contributed by atoms with E-state index in [2.05, 4.69) is 31.3 Å². The zero-order valence-electron chi connectivity index (χ0n) is 9.39. The molecule has 0 bridgehead atoms. The normalized spacial score (nSPS) is 9.79. The molecule has 0 fully saturated rings. The van der Waals surface area contributed by atoms with Crippen molar-refractivity contribution >= 4 is 21.9 Å². The standard InChI is InChI=1S/C11H7BrFN5O/c12-7-5-16-11(18-15)17-10(7)19-9-2-1-6(4-14)3-8(9)13/h1-3,5H,15H2,(H,16,17,18). The van der Waals surface area contributed by atoms with Gasteiger partial charge in [0.05, 0.1) is 22.3 Å². The highest BCUT2D eigenvalue weighted by Gasteiger charge is 2.11. The van der Waals surface area contributed by atoms with Gasteiger partial charge in [-0.3, -0.25) is 5.43 Å². The van der Waals surface area contributed by atoms with Crippen LogP contribution in [0.4, 0.5) is 10.3 Å². The third-order valence-electron chi connectivity index (χ3n) is 2.11. The fraction of sp³-hybridized carbons (Fsp3) is 0. The Bertz CT molecular complexity index is 658. The Labute approximate surface area is 116 Å². The van der Waals surface area contributed by atoms with Gasteiger partial charge in [0.15, 0.2) is 11.6 Å². The molecular formula is C11H7BrFN5O. The van der Waals surface area contributed by atoms with Gasteiger partial charge in [0.1, 0.15) is 0 Å². The number of hydrogen-bond acceptors (Lipinski definition) is 6. The highest BCUT2D eigenvalue weighted by atomic mass is 79.9.